The van der Waals surface area contributed by atoms with Crippen molar-refractivity contribution in [3.8, 4) is 0 Å². The molecule has 3 aromatic carbocycles. The molecule has 2 amide bonds. The van der Waals surface area contributed by atoms with E-state index in [9.17, 15) is 18.4 Å². The number of anilines is 1. The quantitative estimate of drug-likeness (QED) is 0.225. The zero-order chi connectivity index (χ0) is 30.9. The highest BCUT2D eigenvalue weighted by atomic mass is 35.5. The molecule has 11 heteroatoms. The molecule has 0 saturated carbocycles. The highest BCUT2D eigenvalue weighted by Gasteiger charge is 2.32. The number of carbonyl (C=O) groups excluding carboxylic acids is 2. The van der Waals surface area contributed by atoms with Gasteiger partial charge in [-0.3, -0.25) is 19.4 Å². The second-order valence-electron chi connectivity index (χ2n) is 10.9. The average molecular weight is 633 g/mol. The predicted octanol–water partition coefficient (Wildman–Crippen LogP) is 5.19. The van der Waals surface area contributed by atoms with Crippen molar-refractivity contribution in [3.63, 3.8) is 0 Å². The molecule has 1 saturated heterocycles. The van der Waals surface area contributed by atoms with E-state index >= 15 is 0 Å². The van der Waals surface area contributed by atoms with Crippen molar-refractivity contribution < 1.29 is 18.4 Å². The highest BCUT2D eigenvalue weighted by molar-refractivity contribution is 6.39. The minimum absolute atomic E-state index is 0.00815. The first-order chi connectivity index (χ1) is 20.6. The van der Waals surface area contributed by atoms with Crippen molar-refractivity contribution in [1.82, 2.24) is 9.80 Å². The Morgan fingerprint density at radius 2 is 1.51 bits per heavy atom. The summed E-state index contributed by atoms with van der Waals surface area (Å²) in [5, 5.41) is 3.41. The highest BCUT2D eigenvalue weighted by Crippen LogP contribution is 2.33. The Morgan fingerprint density at radius 1 is 0.930 bits per heavy atom. The number of hydrogen-bond donors (Lipinski definition) is 3. The molecule has 230 valence electrons. The number of halogens is 4. The number of amides is 2. The lowest BCUT2D eigenvalue weighted by atomic mass is 9.87. The molecule has 1 atom stereocenters. The van der Waals surface area contributed by atoms with Crippen LogP contribution in [0.15, 0.2) is 60.7 Å². The fraction of sp³-hybridized carbons (Fsp3) is 0.375. The molecule has 1 heterocycles. The summed E-state index contributed by atoms with van der Waals surface area (Å²) in [6, 6.07) is 15.7. The van der Waals surface area contributed by atoms with Crippen LogP contribution in [0.1, 0.15) is 41.9 Å². The molecule has 3 aromatic rings. The molecule has 7 nitrogen and oxygen atoms in total. The zero-order valence-corrected chi connectivity index (χ0v) is 25.4. The summed E-state index contributed by atoms with van der Waals surface area (Å²) >= 11 is 12.7. The van der Waals surface area contributed by atoms with Gasteiger partial charge in [0.2, 0.25) is 11.8 Å². The summed E-state index contributed by atoms with van der Waals surface area (Å²) in [6.07, 6.45) is 3.15. The summed E-state index contributed by atoms with van der Waals surface area (Å²) < 4.78 is 27.1. The van der Waals surface area contributed by atoms with Crippen molar-refractivity contribution >= 4 is 40.7 Å². The van der Waals surface area contributed by atoms with Gasteiger partial charge in [-0.25, -0.2) is 8.78 Å². The molecule has 1 aliphatic rings. The van der Waals surface area contributed by atoms with Crippen molar-refractivity contribution in [2.75, 3.05) is 44.6 Å². The van der Waals surface area contributed by atoms with Gasteiger partial charge in [-0.05, 0) is 85.4 Å². The summed E-state index contributed by atoms with van der Waals surface area (Å²) in [5.41, 5.74) is 14.5. The first-order valence-corrected chi connectivity index (χ1v) is 15.1. The Morgan fingerprint density at radius 3 is 2.05 bits per heavy atom. The number of nitrogens with two attached hydrogens (primary N) is 2. The van der Waals surface area contributed by atoms with Gasteiger partial charge in [0.05, 0.1) is 22.3 Å². The van der Waals surface area contributed by atoms with Gasteiger partial charge in [0.15, 0.2) is 0 Å². The maximum Gasteiger partial charge on any atom is 0.238 e. The van der Waals surface area contributed by atoms with E-state index in [1.54, 1.807) is 41.3 Å². The molecule has 0 aromatic heterocycles. The van der Waals surface area contributed by atoms with Crippen LogP contribution in [-0.2, 0) is 16.0 Å². The zero-order valence-electron chi connectivity index (χ0n) is 23.9. The Labute approximate surface area is 261 Å². The summed E-state index contributed by atoms with van der Waals surface area (Å²) in [7, 11) is 0. The number of hydrogen-bond acceptors (Lipinski definition) is 5. The fourth-order valence-electron chi connectivity index (χ4n) is 5.56. The number of unbranched alkanes of at least 4 members (excludes halogenated alkanes) is 1. The van der Waals surface area contributed by atoms with Gasteiger partial charge >= 0.3 is 0 Å². The van der Waals surface area contributed by atoms with Crippen molar-refractivity contribution in [2.24, 2.45) is 11.5 Å². The summed E-state index contributed by atoms with van der Waals surface area (Å²) in [4.78, 5) is 29.2. The molecule has 1 fully saturated rings. The van der Waals surface area contributed by atoms with E-state index in [-0.39, 0.29) is 30.0 Å². The predicted molar refractivity (Wildman–Crippen MR) is 167 cm³/mol. The number of carbonyl (C=O) groups is 2. The molecule has 5 N–H and O–H groups in total. The standard InChI is InChI=1S/C32H37Cl2F2N5O2/c33-27-17-21(12-13-37)18-28(34)31(27)39-30(42)20-41-16-15-40(19-29(41)32(38)43)14-2-1-3-26(22-4-8-24(35)9-5-22)23-6-10-25(36)11-7-23/h4-11,17-18,26,29H,1-3,12-16,19-20,37H2,(H2,38,43)(H,39,42). The lowest BCUT2D eigenvalue weighted by molar-refractivity contribution is -0.127. The SMILES string of the molecule is NCCc1cc(Cl)c(NC(=O)CN2CCN(CCCCC(c3ccc(F)cc3)c3ccc(F)cc3)CC2C(N)=O)c(Cl)c1. The van der Waals surface area contributed by atoms with E-state index in [2.05, 4.69) is 10.2 Å². The molecule has 0 radical (unpaired) electrons. The molecule has 1 aliphatic heterocycles. The van der Waals surface area contributed by atoms with Crippen LogP contribution < -0.4 is 16.8 Å². The third-order valence-corrected chi connectivity index (χ3v) is 8.41. The summed E-state index contributed by atoms with van der Waals surface area (Å²) in [6.45, 7) is 2.75. The second-order valence-corrected chi connectivity index (χ2v) is 11.7. The van der Waals surface area contributed by atoms with Crippen LogP contribution in [0.3, 0.4) is 0 Å². The third-order valence-electron chi connectivity index (χ3n) is 7.81. The maximum atomic E-state index is 13.5. The Balaban J connectivity index is 1.30. The first-order valence-electron chi connectivity index (χ1n) is 14.4. The van der Waals surface area contributed by atoms with E-state index in [1.807, 2.05) is 0 Å². The van der Waals surface area contributed by atoms with E-state index in [0.717, 1.165) is 42.5 Å². The van der Waals surface area contributed by atoms with Crippen LogP contribution in [-0.4, -0.2) is 66.9 Å². The lowest BCUT2D eigenvalue weighted by Gasteiger charge is -2.39. The van der Waals surface area contributed by atoms with Gasteiger partial charge in [-0.1, -0.05) is 53.9 Å². The monoisotopic (exact) mass is 631 g/mol. The van der Waals surface area contributed by atoms with E-state index < -0.39 is 11.9 Å². The van der Waals surface area contributed by atoms with Crippen LogP contribution in [0.25, 0.3) is 0 Å². The van der Waals surface area contributed by atoms with Crippen molar-refractivity contribution in [1.29, 1.82) is 0 Å². The van der Waals surface area contributed by atoms with Crippen molar-refractivity contribution in [3.05, 3.63) is 99.0 Å². The first kappa shape index (κ1) is 32.8. The van der Waals surface area contributed by atoms with Crippen LogP contribution >= 0.6 is 23.2 Å². The van der Waals surface area contributed by atoms with Gasteiger partial charge < -0.3 is 16.8 Å². The normalized spacial score (nSPS) is 16.0. The maximum absolute atomic E-state index is 13.5. The number of primary amides is 1. The number of rotatable bonds is 13. The van der Waals surface area contributed by atoms with Crippen molar-refractivity contribution in [2.45, 2.75) is 37.6 Å². The molecule has 43 heavy (non-hydrogen) atoms. The van der Waals surface area contributed by atoms with Crippen LogP contribution in [0.4, 0.5) is 14.5 Å². The average Bonchev–Trinajstić information content (AvgIpc) is 2.97. The number of piperazine rings is 1. The lowest BCUT2D eigenvalue weighted by Crippen LogP contribution is -2.59. The fourth-order valence-corrected chi connectivity index (χ4v) is 6.19. The molecule has 0 aliphatic carbocycles. The Bertz CT molecular complexity index is 1320. The Kier molecular flexibility index (Phi) is 11.9. The van der Waals surface area contributed by atoms with Crippen LogP contribution in [0.5, 0.6) is 0 Å². The van der Waals surface area contributed by atoms with Gasteiger partial charge in [-0.15, -0.1) is 0 Å². The molecule has 0 spiro atoms. The van der Waals surface area contributed by atoms with E-state index in [1.165, 1.54) is 24.3 Å². The summed E-state index contributed by atoms with van der Waals surface area (Å²) in [5.74, 6) is -1.43. The topological polar surface area (TPSA) is 105 Å². The Hall–Kier alpha value is -3.08. The number of nitrogens with one attached hydrogen (secondary N) is 1. The van der Waals surface area contributed by atoms with Gasteiger partial charge in [-0.2, -0.15) is 0 Å². The van der Waals surface area contributed by atoms with Gasteiger partial charge in [0.1, 0.15) is 17.7 Å². The largest absolute Gasteiger partial charge is 0.368 e. The molecule has 4 rings (SSSR count). The minimum Gasteiger partial charge on any atom is -0.368 e. The minimum atomic E-state index is -0.622. The number of nitrogens with zero attached hydrogens (tertiary/aromatic N) is 2. The molecule has 1 unspecified atom stereocenters. The van der Waals surface area contributed by atoms with Crippen LogP contribution in [0.2, 0.25) is 10.0 Å². The van der Waals surface area contributed by atoms with Crippen LogP contribution in [0, 0.1) is 11.6 Å². The molecular formula is C32H37Cl2F2N5O2. The van der Waals surface area contributed by atoms with Gasteiger partial charge in [0, 0.05) is 25.6 Å². The second kappa shape index (κ2) is 15.6. The smallest absolute Gasteiger partial charge is 0.238 e. The molecular weight excluding hydrogens is 595 g/mol. The van der Waals surface area contributed by atoms with Gasteiger partial charge in [0.25, 0.3) is 0 Å². The third kappa shape index (κ3) is 9.20. The molecule has 0 bridgehead atoms. The van der Waals surface area contributed by atoms with E-state index in [4.69, 9.17) is 34.7 Å². The van der Waals surface area contributed by atoms with E-state index in [0.29, 0.717) is 48.3 Å². The number of benzene rings is 3.